The zero-order valence-corrected chi connectivity index (χ0v) is 26.2. The van der Waals surface area contributed by atoms with E-state index in [1.807, 2.05) is 0 Å². The molecule has 0 unspecified atom stereocenters. The number of hydrogen-bond acceptors (Lipinski definition) is 0. The summed E-state index contributed by atoms with van der Waals surface area (Å²) in [5.74, 6) is 0. The van der Waals surface area contributed by atoms with Crippen LogP contribution >= 0.6 is 0 Å². The smallest absolute Gasteiger partial charge is 0.0562 e. The maximum Gasteiger partial charge on any atom is 0.0562 e. The van der Waals surface area contributed by atoms with Crippen LogP contribution in [0.2, 0.25) is 0 Å². The van der Waals surface area contributed by atoms with Crippen LogP contribution in [-0.4, -0.2) is 9.13 Å². The fourth-order valence-corrected chi connectivity index (χ4v) is 7.59. The lowest BCUT2D eigenvalue weighted by atomic mass is 10.0. The molecule has 10 aromatic rings. The Morgan fingerprint density at radius 2 is 0.667 bits per heavy atom. The van der Waals surface area contributed by atoms with Gasteiger partial charge in [0.1, 0.15) is 0 Å². The van der Waals surface area contributed by atoms with Crippen LogP contribution in [0.15, 0.2) is 182 Å². The molecular formula is C46H30N2. The van der Waals surface area contributed by atoms with Crippen LogP contribution in [0.25, 0.3) is 88.0 Å². The van der Waals surface area contributed by atoms with Gasteiger partial charge in [-0.1, -0.05) is 127 Å². The Morgan fingerprint density at radius 3 is 1.27 bits per heavy atom. The third-order valence-electron chi connectivity index (χ3n) is 9.89. The molecule has 8 aromatic carbocycles. The minimum atomic E-state index is 1.15. The Hall–Kier alpha value is -6.38. The van der Waals surface area contributed by atoms with E-state index >= 15 is 0 Å². The second-order valence-electron chi connectivity index (χ2n) is 12.6. The van der Waals surface area contributed by atoms with Crippen LogP contribution < -0.4 is 0 Å². The topological polar surface area (TPSA) is 9.86 Å². The van der Waals surface area contributed by atoms with Gasteiger partial charge in [-0.3, -0.25) is 0 Å². The Kier molecular flexibility index (Phi) is 5.91. The SMILES string of the molecule is c1ccc(-c2ccc(-n3c4ccccc4c4cc5c6cc7ccccc7cc6n(-c6ccc(-c7ccccc7)cc6)c5cc43)cc2)cc1. The maximum atomic E-state index is 2.45. The normalized spacial score (nSPS) is 11.8. The third-order valence-corrected chi connectivity index (χ3v) is 9.89. The van der Waals surface area contributed by atoms with Crippen molar-refractivity contribution in [3.63, 3.8) is 0 Å². The van der Waals surface area contributed by atoms with Gasteiger partial charge in [0.2, 0.25) is 0 Å². The first-order valence-corrected chi connectivity index (χ1v) is 16.5. The van der Waals surface area contributed by atoms with E-state index in [0.717, 1.165) is 11.4 Å². The standard InChI is InChI=1S/C46H30N2/c1-3-11-31(12-4-1)33-19-23-37(24-20-33)47-43-18-10-9-17-39(43)41-29-42-40-27-35-15-7-8-16-36(35)28-44(40)48(46(42)30-45(41)47)38-25-21-34(22-26-38)32-13-5-2-6-14-32/h1-30H. The van der Waals surface area contributed by atoms with Crippen molar-refractivity contribution in [2.45, 2.75) is 0 Å². The molecule has 0 saturated carbocycles. The lowest BCUT2D eigenvalue weighted by molar-refractivity contribution is 1.17. The quantitative estimate of drug-likeness (QED) is 0.188. The number of aromatic nitrogens is 2. The predicted molar refractivity (Wildman–Crippen MR) is 203 cm³/mol. The highest BCUT2D eigenvalue weighted by atomic mass is 15.0. The van der Waals surface area contributed by atoms with Crippen molar-refractivity contribution in [2.75, 3.05) is 0 Å². The van der Waals surface area contributed by atoms with Gasteiger partial charge in [-0.15, -0.1) is 0 Å². The molecule has 0 spiro atoms. The summed E-state index contributed by atoms with van der Waals surface area (Å²) in [4.78, 5) is 0. The molecule has 0 aliphatic carbocycles. The summed E-state index contributed by atoms with van der Waals surface area (Å²) in [6.07, 6.45) is 0. The Bertz CT molecular complexity index is 2780. The van der Waals surface area contributed by atoms with E-state index in [2.05, 4.69) is 191 Å². The summed E-state index contributed by atoms with van der Waals surface area (Å²) in [7, 11) is 0. The predicted octanol–water partition coefficient (Wildman–Crippen LogP) is 12.4. The second-order valence-corrected chi connectivity index (χ2v) is 12.6. The zero-order valence-electron chi connectivity index (χ0n) is 26.2. The van der Waals surface area contributed by atoms with Crippen LogP contribution in [-0.2, 0) is 0 Å². The molecule has 0 amide bonds. The Labute approximate surface area is 278 Å². The average Bonchev–Trinajstić information content (AvgIpc) is 3.65. The molecule has 0 fully saturated rings. The molecular weight excluding hydrogens is 581 g/mol. The highest BCUT2D eigenvalue weighted by Gasteiger charge is 2.19. The molecule has 2 heteroatoms. The molecule has 224 valence electrons. The van der Waals surface area contributed by atoms with Gasteiger partial charge in [0, 0.05) is 32.9 Å². The molecule has 0 aliphatic rings. The molecule has 0 bridgehead atoms. The number of fused-ring (bicyclic) bond motifs is 7. The Balaban J connectivity index is 1.26. The first-order valence-electron chi connectivity index (χ1n) is 16.5. The Morgan fingerprint density at radius 1 is 0.250 bits per heavy atom. The molecule has 48 heavy (non-hydrogen) atoms. The number of hydrogen-bond donors (Lipinski definition) is 0. The molecule has 0 aliphatic heterocycles. The van der Waals surface area contributed by atoms with E-state index in [1.165, 1.54) is 76.6 Å². The summed E-state index contributed by atoms with van der Waals surface area (Å²) in [5, 5.41) is 7.55. The number of benzene rings is 8. The molecule has 2 heterocycles. The first kappa shape index (κ1) is 26.8. The first-order chi connectivity index (χ1) is 23.8. The summed E-state index contributed by atoms with van der Waals surface area (Å²) in [6, 6.07) is 66.2. The van der Waals surface area contributed by atoms with E-state index in [-0.39, 0.29) is 0 Å². The average molecular weight is 611 g/mol. The molecule has 2 nitrogen and oxygen atoms in total. The lowest BCUT2D eigenvalue weighted by Crippen LogP contribution is -1.96. The van der Waals surface area contributed by atoms with Crippen molar-refractivity contribution in [2.24, 2.45) is 0 Å². The van der Waals surface area contributed by atoms with Gasteiger partial charge < -0.3 is 9.13 Å². The minimum absolute atomic E-state index is 1.15. The molecule has 0 N–H and O–H groups in total. The van der Waals surface area contributed by atoms with Gasteiger partial charge >= 0.3 is 0 Å². The van der Waals surface area contributed by atoms with Gasteiger partial charge in [-0.25, -0.2) is 0 Å². The van der Waals surface area contributed by atoms with Crippen molar-refractivity contribution < 1.29 is 0 Å². The fraction of sp³-hybridized carbons (Fsp3) is 0. The second kappa shape index (κ2) is 10.6. The molecule has 10 rings (SSSR count). The van der Waals surface area contributed by atoms with Crippen molar-refractivity contribution in [1.82, 2.24) is 9.13 Å². The van der Waals surface area contributed by atoms with Crippen LogP contribution in [0, 0.1) is 0 Å². The van der Waals surface area contributed by atoms with Crippen molar-refractivity contribution in [3.8, 4) is 33.6 Å². The van der Waals surface area contributed by atoms with Gasteiger partial charge in [-0.2, -0.15) is 0 Å². The van der Waals surface area contributed by atoms with Gasteiger partial charge in [0.25, 0.3) is 0 Å². The number of nitrogens with zero attached hydrogens (tertiary/aromatic N) is 2. The molecule has 0 saturated heterocycles. The van der Waals surface area contributed by atoms with E-state index in [1.54, 1.807) is 0 Å². The highest BCUT2D eigenvalue weighted by molar-refractivity contribution is 6.20. The number of para-hydroxylation sites is 1. The summed E-state index contributed by atoms with van der Waals surface area (Å²) < 4.78 is 4.88. The van der Waals surface area contributed by atoms with E-state index < -0.39 is 0 Å². The fourth-order valence-electron chi connectivity index (χ4n) is 7.59. The van der Waals surface area contributed by atoms with Gasteiger partial charge in [0.05, 0.1) is 22.1 Å². The largest absolute Gasteiger partial charge is 0.309 e. The zero-order chi connectivity index (χ0) is 31.6. The minimum Gasteiger partial charge on any atom is -0.309 e. The molecule has 0 radical (unpaired) electrons. The van der Waals surface area contributed by atoms with E-state index in [9.17, 15) is 0 Å². The lowest BCUT2D eigenvalue weighted by Gasteiger charge is -2.12. The van der Waals surface area contributed by atoms with E-state index in [0.29, 0.717) is 0 Å². The molecule has 0 atom stereocenters. The van der Waals surface area contributed by atoms with Crippen LogP contribution in [0.5, 0.6) is 0 Å². The number of rotatable bonds is 4. The van der Waals surface area contributed by atoms with Gasteiger partial charge in [-0.05, 0) is 87.6 Å². The molecule has 2 aromatic heterocycles. The van der Waals surface area contributed by atoms with Crippen LogP contribution in [0.4, 0.5) is 0 Å². The summed E-state index contributed by atoms with van der Waals surface area (Å²) in [6.45, 7) is 0. The third kappa shape index (κ3) is 4.13. The van der Waals surface area contributed by atoms with Crippen molar-refractivity contribution in [3.05, 3.63) is 182 Å². The maximum absolute atomic E-state index is 2.45. The summed E-state index contributed by atoms with van der Waals surface area (Å²) in [5.41, 5.74) is 12.0. The van der Waals surface area contributed by atoms with Crippen molar-refractivity contribution >= 4 is 54.4 Å². The monoisotopic (exact) mass is 610 g/mol. The van der Waals surface area contributed by atoms with Crippen LogP contribution in [0.3, 0.4) is 0 Å². The van der Waals surface area contributed by atoms with Gasteiger partial charge in [0.15, 0.2) is 0 Å². The van der Waals surface area contributed by atoms with E-state index in [4.69, 9.17) is 0 Å². The summed E-state index contributed by atoms with van der Waals surface area (Å²) >= 11 is 0. The highest BCUT2D eigenvalue weighted by Crippen LogP contribution is 2.41. The van der Waals surface area contributed by atoms with Crippen LogP contribution in [0.1, 0.15) is 0 Å². The van der Waals surface area contributed by atoms with Crippen molar-refractivity contribution in [1.29, 1.82) is 0 Å².